The van der Waals surface area contributed by atoms with E-state index in [1.54, 1.807) is 0 Å². The van der Waals surface area contributed by atoms with E-state index in [9.17, 15) is 27.6 Å². The van der Waals surface area contributed by atoms with E-state index >= 15 is 0 Å². The Morgan fingerprint density at radius 3 is 2.55 bits per heavy atom. The average molecular weight is 319 g/mol. The monoisotopic (exact) mass is 319 g/mol. The number of aromatic nitrogens is 1. The molecule has 0 fully saturated rings. The van der Waals surface area contributed by atoms with E-state index in [4.69, 9.17) is 0 Å². The number of anilines is 1. The number of hydrogen-bond acceptors (Lipinski definition) is 5. The second-order valence-corrected chi connectivity index (χ2v) is 3.96. The van der Waals surface area contributed by atoms with Gasteiger partial charge < -0.3 is 15.4 Å². The van der Waals surface area contributed by atoms with Gasteiger partial charge in [-0.05, 0) is 12.1 Å². The molecule has 0 saturated carbocycles. The lowest BCUT2D eigenvalue weighted by Gasteiger charge is -2.09. The van der Waals surface area contributed by atoms with Crippen LogP contribution >= 0.6 is 0 Å². The largest absolute Gasteiger partial charge is 0.469 e. The Hall–Kier alpha value is -2.65. The predicted octanol–water partition coefficient (Wildman–Crippen LogP) is 0.718. The van der Waals surface area contributed by atoms with Gasteiger partial charge in [0.25, 0.3) is 0 Å². The number of nitrogens with one attached hydrogen (secondary N) is 2. The summed E-state index contributed by atoms with van der Waals surface area (Å²) < 4.78 is 41.8. The van der Waals surface area contributed by atoms with Crippen LogP contribution in [0.4, 0.5) is 19.0 Å². The summed E-state index contributed by atoms with van der Waals surface area (Å²) in [6.45, 7) is -0.144. The zero-order valence-electron chi connectivity index (χ0n) is 11.4. The van der Waals surface area contributed by atoms with E-state index in [1.165, 1.54) is 0 Å². The van der Waals surface area contributed by atoms with Crippen molar-refractivity contribution in [3.05, 3.63) is 23.9 Å². The van der Waals surface area contributed by atoms with E-state index < -0.39 is 35.3 Å². The highest BCUT2D eigenvalue weighted by Gasteiger charge is 2.31. The van der Waals surface area contributed by atoms with Crippen molar-refractivity contribution in [3.8, 4) is 0 Å². The highest BCUT2D eigenvalue weighted by molar-refractivity contribution is 6.39. The molecule has 7 nitrogen and oxygen atoms in total. The van der Waals surface area contributed by atoms with Crippen LogP contribution in [0.1, 0.15) is 12.0 Å². The van der Waals surface area contributed by atoms with Gasteiger partial charge in [-0.2, -0.15) is 13.2 Å². The first-order valence-corrected chi connectivity index (χ1v) is 5.93. The number of rotatable bonds is 4. The lowest BCUT2D eigenvalue weighted by Crippen LogP contribution is -2.36. The molecule has 2 N–H and O–H groups in total. The van der Waals surface area contributed by atoms with Crippen LogP contribution in [0.15, 0.2) is 18.3 Å². The van der Waals surface area contributed by atoms with Crippen LogP contribution in [0, 0.1) is 0 Å². The number of nitrogens with zero attached hydrogens (tertiary/aromatic N) is 1. The Morgan fingerprint density at radius 1 is 1.27 bits per heavy atom. The van der Waals surface area contributed by atoms with Gasteiger partial charge in [-0.15, -0.1) is 0 Å². The molecule has 0 saturated heterocycles. The predicted molar refractivity (Wildman–Crippen MR) is 67.5 cm³/mol. The van der Waals surface area contributed by atoms with E-state index in [0.717, 1.165) is 19.4 Å². The van der Waals surface area contributed by atoms with Gasteiger partial charge >= 0.3 is 24.0 Å². The van der Waals surface area contributed by atoms with Gasteiger partial charge in [0.2, 0.25) is 0 Å². The van der Waals surface area contributed by atoms with Gasteiger partial charge in [-0.3, -0.25) is 14.4 Å². The molecule has 0 spiro atoms. The van der Waals surface area contributed by atoms with Crippen LogP contribution in [0.25, 0.3) is 0 Å². The topological polar surface area (TPSA) is 97.4 Å². The summed E-state index contributed by atoms with van der Waals surface area (Å²) in [5, 5.41) is 4.04. The van der Waals surface area contributed by atoms with Gasteiger partial charge in [0.05, 0.1) is 19.1 Å². The van der Waals surface area contributed by atoms with Crippen LogP contribution < -0.4 is 10.6 Å². The molecule has 1 aromatic heterocycles. The number of carbonyl (C=O) groups is 3. The van der Waals surface area contributed by atoms with Crippen molar-refractivity contribution in [1.29, 1.82) is 0 Å². The third kappa shape index (κ3) is 5.38. The molecule has 0 aliphatic rings. The minimum Gasteiger partial charge on any atom is -0.469 e. The fourth-order valence-electron chi connectivity index (χ4n) is 1.31. The van der Waals surface area contributed by atoms with E-state index in [1.807, 2.05) is 5.32 Å². The van der Waals surface area contributed by atoms with Crippen molar-refractivity contribution in [1.82, 2.24) is 10.3 Å². The number of methoxy groups -OCH3 is 1. The fourth-order valence-corrected chi connectivity index (χ4v) is 1.31. The summed E-state index contributed by atoms with van der Waals surface area (Å²) in [6.07, 6.45) is -3.88. The summed E-state index contributed by atoms with van der Waals surface area (Å²) in [6, 6.07) is 1.33. The molecule has 0 aromatic carbocycles. The molecule has 0 unspecified atom stereocenters. The van der Waals surface area contributed by atoms with Crippen molar-refractivity contribution in [2.24, 2.45) is 0 Å². The SMILES string of the molecule is COC(=O)CCNC(=O)C(=O)Nc1cc(C(F)(F)F)ccn1. The number of esters is 1. The minimum absolute atomic E-state index is 0.142. The van der Waals surface area contributed by atoms with E-state index in [2.05, 4.69) is 15.0 Å². The molecule has 1 rings (SSSR count). The highest BCUT2D eigenvalue weighted by atomic mass is 19.4. The Morgan fingerprint density at radius 2 is 1.95 bits per heavy atom. The lowest BCUT2D eigenvalue weighted by atomic mass is 10.2. The van der Waals surface area contributed by atoms with E-state index in [0.29, 0.717) is 6.07 Å². The number of carbonyl (C=O) groups excluding carboxylic acids is 3. The van der Waals surface area contributed by atoms with Gasteiger partial charge in [0.15, 0.2) is 0 Å². The molecule has 0 radical (unpaired) electrons. The van der Waals surface area contributed by atoms with Gasteiger partial charge in [-0.25, -0.2) is 4.98 Å². The Bertz CT molecular complexity index is 575. The van der Waals surface area contributed by atoms with Crippen LogP contribution in [-0.2, 0) is 25.3 Å². The number of ether oxygens (including phenoxy) is 1. The number of amides is 2. The standard InChI is InChI=1S/C12H12F3N3O4/c1-22-9(19)3-5-17-10(20)11(21)18-8-6-7(2-4-16-8)12(13,14)15/h2,4,6H,3,5H2,1H3,(H,17,20)(H,16,18,21). The second kappa shape index (κ2) is 7.38. The van der Waals surface area contributed by atoms with Crippen LogP contribution in [-0.4, -0.2) is 36.4 Å². The first-order valence-electron chi connectivity index (χ1n) is 5.93. The number of pyridine rings is 1. The third-order valence-electron chi connectivity index (χ3n) is 2.38. The molecule has 120 valence electrons. The van der Waals surface area contributed by atoms with Crippen molar-refractivity contribution in [3.63, 3.8) is 0 Å². The number of alkyl halides is 3. The van der Waals surface area contributed by atoms with Gasteiger partial charge in [-0.1, -0.05) is 0 Å². The maximum absolute atomic E-state index is 12.5. The van der Waals surface area contributed by atoms with Crippen LogP contribution in [0.2, 0.25) is 0 Å². The summed E-state index contributed by atoms with van der Waals surface area (Å²) in [5.41, 5.74) is -1.01. The Balaban J connectivity index is 2.58. The molecular weight excluding hydrogens is 307 g/mol. The van der Waals surface area contributed by atoms with Gasteiger partial charge in [0, 0.05) is 12.7 Å². The molecule has 0 aliphatic heterocycles. The molecule has 0 atom stereocenters. The Labute approximate surface area is 122 Å². The maximum Gasteiger partial charge on any atom is 0.416 e. The summed E-state index contributed by atoms with van der Waals surface area (Å²) in [7, 11) is 1.16. The fraction of sp³-hybridized carbons (Fsp3) is 0.333. The van der Waals surface area contributed by atoms with Crippen molar-refractivity contribution < 1.29 is 32.3 Å². The normalized spacial score (nSPS) is 10.7. The molecule has 1 aromatic rings. The minimum atomic E-state index is -4.59. The first-order chi connectivity index (χ1) is 10.2. The zero-order valence-corrected chi connectivity index (χ0v) is 11.4. The van der Waals surface area contributed by atoms with Crippen LogP contribution in [0.3, 0.4) is 0 Å². The smallest absolute Gasteiger partial charge is 0.416 e. The highest BCUT2D eigenvalue weighted by Crippen LogP contribution is 2.29. The number of hydrogen-bond donors (Lipinski definition) is 2. The first kappa shape index (κ1) is 17.4. The molecule has 0 aliphatic carbocycles. The summed E-state index contributed by atoms with van der Waals surface area (Å²) >= 11 is 0. The third-order valence-corrected chi connectivity index (χ3v) is 2.38. The van der Waals surface area contributed by atoms with Crippen molar-refractivity contribution in [2.75, 3.05) is 19.0 Å². The van der Waals surface area contributed by atoms with Crippen molar-refractivity contribution >= 4 is 23.6 Å². The second-order valence-electron chi connectivity index (χ2n) is 3.96. The van der Waals surface area contributed by atoms with Crippen molar-refractivity contribution in [2.45, 2.75) is 12.6 Å². The molecule has 0 bridgehead atoms. The quantitative estimate of drug-likeness (QED) is 0.629. The number of halogens is 3. The molecule has 10 heteroatoms. The molecular formula is C12H12F3N3O4. The zero-order chi connectivity index (χ0) is 16.8. The summed E-state index contributed by atoms with van der Waals surface area (Å²) in [5.74, 6) is -3.30. The van der Waals surface area contributed by atoms with Crippen LogP contribution in [0.5, 0.6) is 0 Å². The summed E-state index contributed by atoms with van der Waals surface area (Å²) in [4.78, 5) is 37.1. The molecule has 22 heavy (non-hydrogen) atoms. The Kier molecular flexibility index (Phi) is 5.84. The van der Waals surface area contributed by atoms with E-state index in [-0.39, 0.29) is 13.0 Å². The van der Waals surface area contributed by atoms with Gasteiger partial charge in [0.1, 0.15) is 5.82 Å². The maximum atomic E-state index is 12.5. The lowest BCUT2D eigenvalue weighted by molar-refractivity contribution is -0.141. The molecule has 1 heterocycles. The average Bonchev–Trinajstić information content (AvgIpc) is 2.46. The molecule has 2 amide bonds.